The molecule has 4 nitrogen and oxygen atoms in total. The molecular weight excluding hydrogens is 595 g/mol. The van der Waals surface area contributed by atoms with E-state index in [1.165, 1.54) is 33.1 Å². The third kappa shape index (κ3) is 4.33. The average Bonchev–Trinajstić information content (AvgIpc) is 3.49. The molecule has 2 aliphatic rings. The first-order valence-electron chi connectivity index (χ1n) is 16.7. The van der Waals surface area contributed by atoms with Gasteiger partial charge in [0.2, 0.25) is 6.71 Å². The maximum atomic E-state index is 5.26. The molecular formula is C44H29BN4. The first-order chi connectivity index (χ1) is 24.3. The lowest BCUT2D eigenvalue weighted by Gasteiger charge is -2.40. The first-order valence-corrected chi connectivity index (χ1v) is 16.7. The van der Waals surface area contributed by atoms with Crippen molar-refractivity contribution in [1.82, 2.24) is 9.97 Å². The van der Waals surface area contributed by atoms with Crippen LogP contribution in [0, 0.1) is 0 Å². The number of para-hydroxylation sites is 5. The van der Waals surface area contributed by atoms with Gasteiger partial charge in [-0.3, -0.25) is 4.98 Å². The molecule has 0 aliphatic carbocycles. The second-order valence-corrected chi connectivity index (χ2v) is 12.6. The Morgan fingerprint density at radius 1 is 0.449 bits per heavy atom. The summed E-state index contributed by atoms with van der Waals surface area (Å²) in [7, 11) is 0. The molecule has 0 radical (unpaired) electrons. The highest BCUT2D eigenvalue weighted by Gasteiger charge is 2.37. The summed E-state index contributed by atoms with van der Waals surface area (Å²) >= 11 is 0. The van der Waals surface area contributed by atoms with Crippen LogP contribution in [0.2, 0.25) is 0 Å². The molecule has 6 aromatic carbocycles. The Morgan fingerprint density at radius 2 is 1.10 bits per heavy atom. The van der Waals surface area contributed by atoms with E-state index in [9.17, 15) is 0 Å². The van der Waals surface area contributed by atoms with E-state index in [1.807, 2.05) is 18.5 Å². The van der Waals surface area contributed by atoms with Gasteiger partial charge >= 0.3 is 0 Å². The van der Waals surface area contributed by atoms with Crippen LogP contribution in [-0.2, 0) is 0 Å². The summed E-state index contributed by atoms with van der Waals surface area (Å²) in [5.41, 5.74) is 16.1. The SMILES string of the molecule is c1ccc(-c2ccc(N3c4ccccc4N(c4cccnc4)c4ccccc43)cc2B2c3ccccc3-c3nc4ccccc4cc32)cc1. The molecule has 0 saturated carbocycles. The number of hydrogen-bond acceptors (Lipinski definition) is 4. The Kier molecular flexibility index (Phi) is 6.24. The van der Waals surface area contributed by atoms with Crippen LogP contribution in [0.1, 0.15) is 0 Å². The second-order valence-electron chi connectivity index (χ2n) is 12.6. The lowest BCUT2D eigenvalue weighted by molar-refractivity contribution is 1.16. The lowest BCUT2D eigenvalue weighted by Crippen LogP contribution is -2.50. The molecule has 49 heavy (non-hydrogen) atoms. The van der Waals surface area contributed by atoms with Crippen LogP contribution in [0.15, 0.2) is 176 Å². The molecule has 4 heterocycles. The van der Waals surface area contributed by atoms with Crippen LogP contribution in [0.5, 0.6) is 0 Å². The monoisotopic (exact) mass is 624 g/mol. The van der Waals surface area contributed by atoms with E-state index in [1.54, 1.807) is 0 Å². The first kappa shape index (κ1) is 27.6. The molecule has 0 fully saturated rings. The summed E-state index contributed by atoms with van der Waals surface area (Å²) in [6.45, 7) is 0.0145. The maximum Gasteiger partial charge on any atom is 0.245 e. The fourth-order valence-electron chi connectivity index (χ4n) is 7.83. The van der Waals surface area contributed by atoms with Gasteiger partial charge < -0.3 is 9.80 Å². The topological polar surface area (TPSA) is 32.3 Å². The molecule has 0 unspecified atom stereocenters. The zero-order valence-corrected chi connectivity index (χ0v) is 26.6. The van der Waals surface area contributed by atoms with Crippen molar-refractivity contribution in [1.29, 1.82) is 0 Å². The average molecular weight is 625 g/mol. The van der Waals surface area contributed by atoms with Gasteiger partial charge in [-0.2, -0.15) is 0 Å². The van der Waals surface area contributed by atoms with Crippen molar-refractivity contribution < 1.29 is 0 Å². The smallest absolute Gasteiger partial charge is 0.245 e. The van der Waals surface area contributed by atoms with Crippen LogP contribution < -0.4 is 26.2 Å². The highest BCUT2D eigenvalue weighted by Crippen LogP contribution is 2.53. The Hall–Kier alpha value is -6.46. The van der Waals surface area contributed by atoms with Gasteiger partial charge in [-0.1, -0.05) is 120 Å². The number of aromatic nitrogens is 2. The Balaban J connectivity index is 1.23. The van der Waals surface area contributed by atoms with Crippen molar-refractivity contribution in [3.8, 4) is 22.4 Å². The van der Waals surface area contributed by atoms with Crippen LogP contribution >= 0.6 is 0 Å². The number of fused-ring (bicyclic) bond motifs is 6. The van der Waals surface area contributed by atoms with Gasteiger partial charge in [-0.25, -0.2) is 4.98 Å². The zero-order chi connectivity index (χ0) is 32.3. The summed E-state index contributed by atoms with van der Waals surface area (Å²) in [6, 6.07) is 58.8. The Labute approximate surface area is 285 Å². The van der Waals surface area contributed by atoms with Gasteiger partial charge in [0.25, 0.3) is 0 Å². The number of pyridine rings is 2. The van der Waals surface area contributed by atoms with Crippen molar-refractivity contribution in [2.45, 2.75) is 0 Å². The number of nitrogens with zero attached hydrogens (tertiary/aromatic N) is 4. The molecule has 2 aliphatic heterocycles. The number of hydrogen-bond donors (Lipinski definition) is 0. The summed E-state index contributed by atoms with van der Waals surface area (Å²) in [5, 5.41) is 1.16. The molecule has 0 bridgehead atoms. The van der Waals surface area contributed by atoms with E-state index < -0.39 is 0 Å². The molecule has 0 N–H and O–H groups in total. The fraction of sp³-hybridized carbons (Fsp3) is 0. The number of rotatable bonds is 4. The van der Waals surface area contributed by atoms with Crippen molar-refractivity contribution in [3.63, 3.8) is 0 Å². The third-order valence-electron chi connectivity index (χ3n) is 9.91. The molecule has 0 saturated heterocycles. The van der Waals surface area contributed by atoms with Crippen LogP contribution in [0.4, 0.5) is 34.1 Å². The fourth-order valence-corrected chi connectivity index (χ4v) is 7.83. The Bertz CT molecular complexity index is 2490. The van der Waals surface area contributed by atoms with Crippen molar-refractivity contribution in [2.75, 3.05) is 9.80 Å². The normalized spacial score (nSPS) is 12.8. The highest BCUT2D eigenvalue weighted by atomic mass is 15.3. The van der Waals surface area contributed by atoms with Gasteiger partial charge in [-0.05, 0) is 82.1 Å². The zero-order valence-electron chi connectivity index (χ0n) is 26.6. The molecule has 228 valence electrons. The van der Waals surface area contributed by atoms with Gasteiger partial charge in [0, 0.05) is 11.9 Å². The minimum absolute atomic E-state index is 0.0145. The lowest BCUT2D eigenvalue weighted by atomic mass is 9.38. The van der Waals surface area contributed by atoms with Crippen molar-refractivity contribution in [3.05, 3.63) is 176 Å². The maximum absolute atomic E-state index is 5.26. The minimum Gasteiger partial charge on any atom is -0.306 e. The highest BCUT2D eigenvalue weighted by molar-refractivity contribution is 6.99. The summed E-state index contributed by atoms with van der Waals surface area (Å²) in [4.78, 5) is 14.5. The van der Waals surface area contributed by atoms with E-state index in [0.29, 0.717) is 0 Å². The number of benzene rings is 6. The molecule has 2 aromatic heterocycles. The third-order valence-corrected chi connectivity index (χ3v) is 9.91. The van der Waals surface area contributed by atoms with E-state index in [-0.39, 0.29) is 6.71 Å². The van der Waals surface area contributed by atoms with E-state index in [0.717, 1.165) is 50.7 Å². The van der Waals surface area contributed by atoms with E-state index >= 15 is 0 Å². The van der Waals surface area contributed by atoms with Crippen LogP contribution in [0.25, 0.3) is 33.3 Å². The van der Waals surface area contributed by atoms with Crippen LogP contribution in [-0.4, -0.2) is 16.7 Å². The van der Waals surface area contributed by atoms with Crippen LogP contribution in [0.3, 0.4) is 0 Å². The van der Waals surface area contributed by atoms with Crippen molar-refractivity contribution in [2.24, 2.45) is 0 Å². The predicted octanol–water partition coefficient (Wildman–Crippen LogP) is 9.05. The Morgan fingerprint density at radius 3 is 1.84 bits per heavy atom. The summed E-state index contributed by atoms with van der Waals surface area (Å²) < 4.78 is 0. The van der Waals surface area contributed by atoms with Gasteiger partial charge in [0.15, 0.2) is 0 Å². The van der Waals surface area contributed by atoms with E-state index in [4.69, 9.17) is 4.98 Å². The quantitative estimate of drug-likeness (QED) is 0.183. The minimum atomic E-state index is 0.0145. The number of anilines is 6. The molecule has 0 amide bonds. The molecule has 10 rings (SSSR count). The summed E-state index contributed by atoms with van der Waals surface area (Å²) in [5.74, 6) is 0. The van der Waals surface area contributed by atoms with E-state index in [2.05, 4.69) is 173 Å². The van der Waals surface area contributed by atoms with Gasteiger partial charge in [0.1, 0.15) is 0 Å². The molecule has 8 aromatic rings. The molecule has 5 heteroatoms. The van der Waals surface area contributed by atoms with Crippen molar-refractivity contribution >= 4 is 68.1 Å². The molecule has 0 atom stereocenters. The predicted molar refractivity (Wildman–Crippen MR) is 204 cm³/mol. The van der Waals surface area contributed by atoms with Gasteiger partial charge in [-0.15, -0.1) is 0 Å². The standard InChI is InChI=1S/C44H29BN4/c1-2-13-30(14-3-1)34-25-24-32(28-37(34)45-36-18-6-5-17-35(36)44-38(45)27-31-15-4-7-19-39(31)47-44)48-40-20-8-10-22-42(40)49(33-16-12-26-46-29-33)43-23-11-9-21-41(43)48/h1-29H. The molecule has 0 spiro atoms. The van der Waals surface area contributed by atoms with Gasteiger partial charge in [0.05, 0.1) is 45.8 Å². The summed E-state index contributed by atoms with van der Waals surface area (Å²) in [6.07, 6.45) is 3.76. The largest absolute Gasteiger partial charge is 0.306 e. The second kappa shape index (κ2) is 11.1.